The molecule has 0 radical (unpaired) electrons. The van der Waals surface area contributed by atoms with Crippen LogP contribution in [-0.4, -0.2) is 42.9 Å². The summed E-state index contributed by atoms with van der Waals surface area (Å²) in [6, 6.07) is 21.0. The Kier molecular flexibility index (Phi) is 6.30. The monoisotopic (exact) mass is 459 g/mol. The van der Waals surface area contributed by atoms with Crippen LogP contribution in [0.25, 0.3) is 11.1 Å². The number of benzene rings is 3. The number of carbonyl (C=O) groups excluding carboxylic acids is 2. The van der Waals surface area contributed by atoms with E-state index in [1.54, 1.807) is 4.90 Å². The number of halogens is 1. The van der Waals surface area contributed by atoms with E-state index in [2.05, 4.69) is 24.3 Å². The van der Waals surface area contributed by atoms with E-state index in [1.165, 1.54) is 17.7 Å². The zero-order valence-corrected chi connectivity index (χ0v) is 18.8. The lowest BCUT2D eigenvalue weighted by Crippen LogP contribution is -2.40. The molecular formula is C28H26FNO4. The molecule has 2 aliphatic heterocycles. The first-order valence-corrected chi connectivity index (χ1v) is 11.6. The SMILES string of the molecule is O=C1COc2cc(F)c(C(=O)N3CCC(COc4ccc(-c5ccccc5)cc4)CC3)cc2C1. The molecule has 1 saturated heterocycles. The molecule has 1 fully saturated rings. The van der Waals surface area contributed by atoms with Crippen LogP contribution in [0.3, 0.4) is 0 Å². The van der Waals surface area contributed by atoms with Gasteiger partial charge in [0.2, 0.25) is 0 Å². The van der Waals surface area contributed by atoms with Crippen LogP contribution < -0.4 is 9.47 Å². The molecule has 5 rings (SSSR count). The van der Waals surface area contributed by atoms with Gasteiger partial charge in [0.1, 0.15) is 23.9 Å². The number of ketones is 1. The van der Waals surface area contributed by atoms with Crippen LogP contribution in [0.2, 0.25) is 0 Å². The van der Waals surface area contributed by atoms with Crippen LogP contribution in [0.15, 0.2) is 66.7 Å². The summed E-state index contributed by atoms with van der Waals surface area (Å²) < 4.78 is 25.8. The molecule has 1 amide bonds. The van der Waals surface area contributed by atoms with Gasteiger partial charge in [0.15, 0.2) is 5.78 Å². The summed E-state index contributed by atoms with van der Waals surface area (Å²) >= 11 is 0. The molecule has 0 atom stereocenters. The maximum Gasteiger partial charge on any atom is 0.256 e. The zero-order chi connectivity index (χ0) is 23.5. The Morgan fingerprint density at radius 3 is 2.44 bits per heavy atom. The summed E-state index contributed by atoms with van der Waals surface area (Å²) in [6.07, 6.45) is 1.76. The Labute approximate surface area is 198 Å². The minimum Gasteiger partial charge on any atom is -0.493 e. The average molecular weight is 460 g/mol. The first-order valence-electron chi connectivity index (χ1n) is 11.6. The van der Waals surface area contributed by atoms with Crippen molar-refractivity contribution in [2.24, 2.45) is 5.92 Å². The third-order valence-corrected chi connectivity index (χ3v) is 6.51. The minimum atomic E-state index is -0.609. The summed E-state index contributed by atoms with van der Waals surface area (Å²) in [5.74, 6) is 0.481. The zero-order valence-electron chi connectivity index (χ0n) is 18.8. The maximum atomic E-state index is 14.6. The molecule has 3 aromatic carbocycles. The third-order valence-electron chi connectivity index (χ3n) is 6.51. The normalized spacial score (nSPS) is 16.0. The van der Waals surface area contributed by atoms with E-state index in [0.29, 0.717) is 36.9 Å². The molecule has 0 aromatic heterocycles. The largest absolute Gasteiger partial charge is 0.493 e. The molecule has 5 nitrogen and oxygen atoms in total. The van der Waals surface area contributed by atoms with E-state index in [1.807, 2.05) is 30.3 Å². The van der Waals surface area contributed by atoms with Crippen molar-refractivity contribution < 1.29 is 23.5 Å². The number of ether oxygens (including phenoxy) is 2. The highest BCUT2D eigenvalue weighted by Gasteiger charge is 2.28. The number of hydrogen-bond donors (Lipinski definition) is 0. The number of likely N-dealkylation sites (tertiary alicyclic amines) is 1. The van der Waals surface area contributed by atoms with Crippen LogP contribution >= 0.6 is 0 Å². The standard InChI is InChI=1S/C28H26FNO4/c29-26-16-27-22(14-23(31)18-34-27)15-25(26)28(32)30-12-10-19(11-13-30)17-33-24-8-6-21(7-9-24)20-4-2-1-3-5-20/h1-9,15-16,19H,10-14,17-18H2. The molecular weight excluding hydrogens is 433 g/mol. The second-order valence-electron chi connectivity index (χ2n) is 8.88. The summed E-state index contributed by atoms with van der Waals surface area (Å²) in [4.78, 5) is 26.3. The van der Waals surface area contributed by atoms with Crippen molar-refractivity contribution in [1.82, 2.24) is 4.90 Å². The van der Waals surface area contributed by atoms with Crippen LogP contribution in [0, 0.1) is 11.7 Å². The number of rotatable bonds is 5. The molecule has 0 saturated carbocycles. The number of fused-ring (bicyclic) bond motifs is 1. The summed E-state index contributed by atoms with van der Waals surface area (Å²) in [7, 11) is 0. The van der Waals surface area contributed by atoms with Crippen molar-refractivity contribution in [1.29, 1.82) is 0 Å². The first kappa shape index (κ1) is 22.1. The highest BCUT2D eigenvalue weighted by Crippen LogP contribution is 2.29. The molecule has 0 bridgehead atoms. The lowest BCUT2D eigenvalue weighted by Gasteiger charge is -2.32. The van der Waals surface area contributed by atoms with Crippen LogP contribution in [0.1, 0.15) is 28.8 Å². The van der Waals surface area contributed by atoms with Crippen molar-refractivity contribution >= 4 is 11.7 Å². The van der Waals surface area contributed by atoms with Gasteiger partial charge in [0, 0.05) is 31.1 Å². The van der Waals surface area contributed by atoms with Crippen molar-refractivity contribution in [2.45, 2.75) is 19.3 Å². The van der Waals surface area contributed by atoms with Crippen LogP contribution in [0.4, 0.5) is 4.39 Å². The van der Waals surface area contributed by atoms with Crippen molar-refractivity contribution in [3.63, 3.8) is 0 Å². The molecule has 0 spiro atoms. The number of piperidine rings is 1. The molecule has 0 N–H and O–H groups in total. The minimum absolute atomic E-state index is 0.00487. The highest BCUT2D eigenvalue weighted by molar-refractivity contribution is 5.95. The molecule has 6 heteroatoms. The summed E-state index contributed by atoms with van der Waals surface area (Å²) in [6.45, 7) is 1.63. The smallest absolute Gasteiger partial charge is 0.256 e. The molecule has 3 aromatic rings. The van der Waals surface area contributed by atoms with E-state index in [-0.39, 0.29) is 30.3 Å². The highest BCUT2D eigenvalue weighted by atomic mass is 19.1. The predicted molar refractivity (Wildman–Crippen MR) is 127 cm³/mol. The van der Waals surface area contributed by atoms with E-state index in [9.17, 15) is 14.0 Å². The summed E-state index contributed by atoms with van der Waals surface area (Å²) in [5.41, 5.74) is 2.89. The number of carbonyl (C=O) groups is 2. The topological polar surface area (TPSA) is 55.8 Å². The van der Waals surface area contributed by atoms with Gasteiger partial charge in [-0.1, -0.05) is 42.5 Å². The van der Waals surface area contributed by atoms with Gasteiger partial charge in [-0.15, -0.1) is 0 Å². The second-order valence-corrected chi connectivity index (χ2v) is 8.88. The number of Topliss-reactive ketones (excluding diaryl/α,β-unsaturated/α-hetero) is 1. The van der Waals surface area contributed by atoms with Crippen molar-refractivity contribution in [3.05, 3.63) is 83.7 Å². The molecule has 2 aliphatic rings. The Bertz CT molecular complexity index is 1190. The second kappa shape index (κ2) is 9.67. The number of amides is 1. The third kappa shape index (κ3) is 4.81. The van der Waals surface area contributed by atoms with Gasteiger partial charge in [-0.3, -0.25) is 9.59 Å². The fourth-order valence-corrected chi connectivity index (χ4v) is 4.52. The molecule has 34 heavy (non-hydrogen) atoms. The first-order chi connectivity index (χ1) is 16.6. The van der Waals surface area contributed by atoms with Gasteiger partial charge in [0.25, 0.3) is 5.91 Å². The summed E-state index contributed by atoms with van der Waals surface area (Å²) in [5, 5.41) is 0. The number of nitrogens with zero attached hydrogens (tertiary/aromatic N) is 1. The van der Waals surface area contributed by atoms with Gasteiger partial charge in [-0.2, -0.15) is 0 Å². The van der Waals surface area contributed by atoms with E-state index in [0.717, 1.165) is 24.2 Å². The van der Waals surface area contributed by atoms with Gasteiger partial charge in [-0.25, -0.2) is 4.39 Å². The van der Waals surface area contributed by atoms with Gasteiger partial charge in [0.05, 0.1) is 12.2 Å². The predicted octanol–water partition coefficient (Wildman–Crippen LogP) is 4.93. The Morgan fingerprint density at radius 2 is 1.71 bits per heavy atom. The molecule has 174 valence electrons. The Hall–Kier alpha value is -3.67. The quantitative estimate of drug-likeness (QED) is 0.543. The van der Waals surface area contributed by atoms with Gasteiger partial charge in [-0.05, 0) is 48.1 Å². The molecule has 2 heterocycles. The van der Waals surface area contributed by atoms with Crippen LogP contribution in [-0.2, 0) is 11.2 Å². The van der Waals surface area contributed by atoms with Gasteiger partial charge < -0.3 is 14.4 Å². The maximum absolute atomic E-state index is 14.6. The van der Waals surface area contributed by atoms with E-state index >= 15 is 0 Å². The van der Waals surface area contributed by atoms with Crippen molar-refractivity contribution in [2.75, 3.05) is 26.3 Å². The lowest BCUT2D eigenvalue weighted by molar-refractivity contribution is -0.121. The van der Waals surface area contributed by atoms with E-state index < -0.39 is 5.82 Å². The van der Waals surface area contributed by atoms with Crippen LogP contribution in [0.5, 0.6) is 11.5 Å². The van der Waals surface area contributed by atoms with E-state index in [4.69, 9.17) is 9.47 Å². The van der Waals surface area contributed by atoms with Gasteiger partial charge >= 0.3 is 0 Å². The Morgan fingerprint density at radius 1 is 1.00 bits per heavy atom. The van der Waals surface area contributed by atoms with Crippen molar-refractivity contribution in [3.8, 4) is 22.6 Å². The lowest BCUT2D eigenvalue weighted by atomic mass is 9.96. The fraction of sp³-hybridized carbons (Fsp3) is 0.286. The fourth-order valence-electron chi connectivity index (χ4n) is 4.52. The average Bonchev–Trinajstić information content (AvgIpc) is 2.88. The Balaban J connectivity index is 1.14. The molecule has 0 unspecified atom stereocenters. The number of hydrogen-bond acceptors (Lipinski definition) is 4. The molecule has 0 aliphatic carbocycles.